The maximum absolute atomic E-state index is 0. The third kappa shape index (κ3) is 11.8. The van der Waals surface area contributed by atoms with Gasteiger partial charge in [0.25, 0.3) is 0 Å². The van der Waals surface area contributed by atoms with Crippen molar-refractivity contribution in [2.75, 3.05) is 0 Å². The van der Waals surface area contributed by atoms with E-state index in [4.69, 9.17) is 0 Å². The molecule has 0 aromatic heterocycles. The van der Waals surface area contributed by atoms with Gasteiger partial charge in [0.2, 0.25) is 0 Å². The molecule has 2 N–H and O–H groups in total. The summed E-state index contributed by atoms with van der Waals surface area (Å²) in [6.45, 7) is 0. The quantitative estimate of drug-likeness (QED) is 0.357. The van der Waals surface area contributed by atoms with E-state index in [2.05, 4.69) is 0 Å². The minimum atomic E-state index is 0. The summed E-state index contributed by atoms with van der Waals surface area (Å²) >= 11 is 0. The van der Waals surface area contributed by atoms with E-state index in [-0.39, 0.29) is 47.2 Å². The molecule has 4 heavy (non-hydrogen) atoms. The fourth-order valence-corrected chi connectivity index (χ4v) is 0. The topological polar surface area (TPSA) is 31.5 Å². The molecule has 0 rings (SSSR count). The van der Waals surface area contributed by atoms with Gasteiger partial charge >= 0.3 is 0 Å². The van der Waals surface area contributed by atoms with Crippen LogP contribution < -0.4 is 0 Å². The Hall–Kier alpha value is 1.02. The second kappa shape index (κ2) is 35.1. The first kappa shape index (κ1) is 77.5. The third-order valence-corrected chi connectivity index (χ3v) is 0. The van der Waals surface area contributed by atoms with Gasteiger partial charge in [-0.2, -0.15) is 0 Å². The Kier molecular flexibility index (Phi) is 679. The van der Waals surface area contributed by atoms with Crippen molar-refractivity contribution in [3.8, 4) is 0 Å². The van der Waals surface area contributed by atoms with Crippen molar-refractivity contribution < 1.29 is 38.7 Å². The van der Waals surface area contributed by atoms with Gasteiger partial charge in [0, 0.05) is 33.3 Å². The summed E-state index contributed by atoms with van der Waals surface area (Å²) in [6.07, 6.45) is 0. The van der Waals surface area contributed by atoms with Crippen LogP contribution in [0.4, 0.5) is 0 Å². The molecule has 0 unspecified atom stereocenters. The van der Waals surface area contributed by atoms with Crippen LogP contribution in [0.2, 0.25) is 0 Å². The standard InChI is InChI=1S/BH3.Co.Ni.H2O/h1H3;;;1H2. The molecule has 0 saturated heterocycles. The average Bonchev–Trinajstić information content (AvgIpc) is 0. The zero-order chi connectivity index (χ0) is 0. The predicted octanol–water partition coefficient (Wildman–Crippen LogP) is -2.01. The molecule has 4 heteroatoms. The van der Waals surface area contributed by atoms with Gasteiger partial charge in [0.1, 0.15) is 0 Å². The summed E-state index contributed by atoms with van der Waals surface area (Å²) in [6, 6.07) is 0. The maximum atomic E-state index is 0. The van der Waals surface area contributed by atoms with Crippen LogP contribution in [0.3, 0.4) is 0 Å². The van der Waals surface area contributed by atoms with E-state index in [1.54, 1.807) is 0 Å². The summed E-state index contributed by atoms with van der Waals surface area (Å²) < 4.78 is 0. The van der Waals surface area contributed by atoms with Crippen molar-refractivity contribution in [2.45, 2.75) is 0 Å². The summed E-state index contributed by atoms with van der Waals surface area (Å²) in [5.41, 5.74) is 0. The maximum Gasteiger partial charge on any atom is 0.0814 e. The second-order valence-electron chi connectivity index (χ2n) is 0. The molecule has 0 aromatic rings. The van der Waals surface area contributed by atoms with Crippen LogP contribution in [0.15, 0.2) is 0 Å². The van der Waals surface area contributed by atoms with Gasteiger partial charge in [-0.3, -0.25) is 0 Å². The normalized spacial score (nSPS) is 0. The monoisotopic (exact) mass is 149 g/mol. The molecular formula is H5BCoNiO. The number of rotatable bonds is 0. The fraction of sp³-hybridized carbons (Fsp3) is 0. The molecule has 0 aliphatic rings. The molecule has 0 aromatic carbocycles. The van der Waals surface area contributed by atoms with Crippen LogP contribution in [0.5, 0.6) is 0 Å². The van der Waals surface area contributed by atoms with E-state index < -0.39 is 0 Å². The summed E-state index contributed by atoms with van der Waals surface area (Å²) in [7, 11) is 0. The molecule has 0 bridgehead atoms. The van der Waals surface area contributed by atoms with Gasteiger partial charge in [0.05, 0.1) is 8.41 Å². The molecule has 1 nitrogen and oxygen atoms in total. The zero-order valence-electron chi connectivity index (χ0n) is 1.15. The van der Waals surface area contributed by atoms with E-state index >= 15 is 0 Å². The van der Waals surface area contributed by atoms with E-state index in [9.17, 15) is 0 Å². The smallest absolute Gasteiger partial charge is 0.0814 e. The minimum absolute atomic E-state index is 0. The Bertz CT molecular complexity index is 8.00. The Morgan fingerprint density at radius 2 is 1.00 bits per heavy atom. The molecule has 0 aliphatic carbocycles. The van der Waals surface area contributed by atoms with Crippen LogP contribution >= 0.6 is 0 Å². The van der Waals surface area contributed by atoms with Crippen LogP contribution in [-0.4, -0.2) is 13.9 Å². The molecule has 0 fully saturated rings. The van der Waals surface area contributed by atoms with Crippen molar-refractivity contribution in [3.05, 3.63) is 0 Å². The Balaban J connectivity index is 0. The molecule has 0 atom stereocenters. The first-order valence-corrected chi connectivity index (χ1v) is 0. The minimum Gasteiger partial charge on any atom is -0.412 e. The molecule has 0 spiro atoms. The largest absolute Gasteiger partial charge is 0.412 e. The molecule has 0 amide bonds. The van der Waals surface area contributed by atoms with Crippen molar-refractivity contribution in [2.24, 2.45) is 0 Å². The molecule has 1 radical (unpaired) electrons. The van der Waals surface area contributed by atoms with E-state index in [1.165, 1.54) is 0 Å². The van der Waals surface area contributed by atoms with Gasteiger partial charge in [-0.05, 0) is 0 Å². The molecule has 0 heterocycles. The Labute approximate surface area is 47.5 Å². The zero-order valence-corrected chi connectivity index (χ0v) is 3.18. The molecule has 33 valence electrons. The van der Waals surface area contributed by atoms with Crippen LogP contribution in [0, 0.1) is 0 Å². The van der Waals surface area contributed by atoms with E-state index in [1.807, 2.05) is 0 Å². The van der Waals surface area contributed by atoms with Crippen molar-refractivity contribution in [3.63, 3.8) is 0 Å². The summed E-state index contributed by atoms with van der Waals surface area (Å²) in [4.78, 5) is 0. The fourth-order valence-electron chi connectivity index (χ4n) is 0. The Morgan fingerprint density at radius 1 is 1.00 bits per heavy atom. The van der Waals surface area contributed by atoms with Gasteiger partial charge in [-0.15, -0.1) is 0 Å². The molecular weight excluding hydrogens is 144 g/mol. The predicted molar refractivity (Wildman–Crippen MR) is 13.6 cm³/mol. The van der Waals surface area contributed by atoms with Crippen LogP contribution in [0.25, 0.3) is 0 Å². The van der Waals surface area contributed by atoms with Crippen molar-refractivity contribution in [1.29, 1.82) is 0 Å². The first-order chi connectivity index (χ1) is 0. The summed E-state index contributed by atoms with van der Waals surface area (Å²) in [5, 5.41) is 0. The Morgan fingerprint density at radius 3 is 1.00 bits per heavy atom. The van der Waals surface area contributed by atoms with Crippen molar-refractivity contribution in [1.82, 2.24) is 0 Å². The molecule has 0 saturated carbocycles. The first-order valence-electron chi connectivity index (χ1n) is 0. The molecule has 0 aliphatic heterocycles. The van der Waals surface area contributed by atoms with Gasteiger partial charge in [0.15, 0.2) is 0 Å². The van der Waals surface area contributed by atoms with Crippen molar-refractivity contribution >= 4 is 8.41 Å². The van der Waals surface area contributed by atoms with Crippen LogP contribution in [-0.2, 0) is 33.3 Å². The van der Waals surface area contributed by atoms with Crippen LogP contribution in [0.1, 0.15) is 0 Å². The second-order valence-corrected chi connectivity index (χ2v) is 0. The van der Waals surface area contributed by atoms with Gasteiger partial charge < -0.3 is 5.48 Å². The van der Waals surface area contributed by atoms with Gasteiger partial charge in [-0.25, -0.2) is 0 Å². The van der Waals surface area contributed by atoms with Gasteiger partial charge in [-0.1, -0.05) is 0 Å². The number of hydrogen-bond donors (Lipinski definition) is 0. The SMILES string of the molecule is B.O.[Co].[Ni]. The average molecular weight is 149 g/mol. The summed E-state index contributed by atoms with van der Waals surface area (Å²) in [5.74, 6) is 0. The third-order valence-electron chi connectivity index (χ3n) is 0. The number of hydrogen-bond acceptors (Lipinski definition) is 0. The van der Waals surface area contributed by atoms with E-state index in [0.717, 1.165) is 0 Å². The van der Waals surface area contributed by atoms with E-state index in [0.29, 0.717) is 0 Å².